The Morgan fingerprint density at radius 3 is 2.80 bits per heavy atom. The second-order valence-corrected chi connectivity index (χ2v) is 5.90. The summed E-state index contributed by atoms with van der Waals surface area (Å²) in [5.74, 6) is -0.405. The first kappa shape index (κ1) is 17.3. The average Bonchev–Trinajstić information content (AvgIpc) is 3.17. The van der Waals surface area contributed by atoms with Crippen LogP contribution in [-0.2, 0) is 29.2 Å². The third kappa shape index (κ3) is 4.76. The second kappa shape index (κ2) is 7.60. The van der Waals surface area contributed by atoms with E-state index in [0.717, 1.165) is 5.56 Å². The van der Waals surface area contributed by atoms with Gasteiger partial charge in [-0.3, -0.25) is 4.68 Å². The van der Waals surface area contributed by atoms with Crippen LogP contribution < -0.4 is 0 Å². The van der Waals surface area contributed by atoms with Crippen LogP contribution in [0.2, 0.25) is 5.15 Å². The van der Waals surface area contributed by atoms with Crippen LogP contribution in [0.15, 0.2) is 42.4 Å². The second-order valence-electron chi connectivity index (χ2n) is 5.51. The van der Waals surface area contributed by atoms with E-state index in [9.17, 15) is 13.6 Å². The smallest absolute Gasteiger partial charge is 0.333 e. The van der Waals surface area contributed by atoms with Crippen LogP contribution in [0.1, 0.15) is 11.3 Å². The lowest BCUT2D eigenvalue weighted by Gasteiger charge is -2.24. The molecule has 0 spiro atoms. The minimum Gasteiger partial charge on any atom is -0.456 e. The van der Waals surface area contributed by atoms with E-state index in [1.807, 2.05) is 11.0 Å². The zero-order valence-corrected chi connectivity index (χ0v) is 13.9. The maximum absolute atomic E-state index is 12.4. The normalized spacial score (nSPS) is 13.9. The number of nitrogens with zero attached hydrogens (tertiary/aromatic N) is 4. The molecule has 25 heavy (non-hydrogen) atoms. The predicted molar refractivity (Wildman–Crippen MR) is 85.8 cm³/mol. The van der Waals surface area contributed by atoms with Gasteiger partial charge in [0, 0.05) is 25.0 Å². The number of hydrogen-bond acceptors (Lipinski definition) is 5. The molecule has 0 saturated carbocycles. The summed E-state index contributed by atoms with van der Waals surface area (Å²) in [7, 11) is 0. The van der Waals surface area contributed by atoms with E-state index >= 15 is 0 Å². The lowest BCUT2D eigenvalue weighted by atomic mass is 10.2. The summed E-state index contributed by atoms with van der Waals surface area (Å²) in [6.07, 6.45) is 2.10. The van der Waals surface area contributed by atoms with Gasteiger partial charge in [0.15, 0.2) is 0 Å². The van der Waals surface area contributed by atoms with E-state index in [4.69, 9.17) is 16.3 Å². The number of carbonyl (C=O) groups excluding carboxylic acids is 1. The summed E-state index contributed by atoms with van der Waals surface area (Å²) < 4.78 is 31.1. The highest BCUT2D eigenvalue weighted by Crippen LogP contribution is 2.19. The fourth-order valence-electron chi connectivity index (χ4n) is 2.45. The van der Waals surface area contributed by atoms with Crippen molar-refractivity contribution >= 4 is 17.6 Å². The van der Waals surface area contributed by atoms with E-state index in [1.165, 1.54) is 17.0 Å². The quantitative estimate of drug-likeness (QED) is 0.555. The van der Waals surface area contributed by atoms with E-state index in [2.05, 4.69) is 10.1 Å². The number of rotatable bonds is 7. The van der Waals surface area contributed by atoms with Gasteiger partial charge in [-0.2, -0.15) is 5.10 Å². The number of alkyl halides is 2. The molecule has 2 aromatic heterocycles. The Bertz CT molecular complexity index is 777. The summed E-state index contributed by atoms with van der Waals surface area (Å²) in [5, 5.41) is 4.53. The van der Waals surface area contributed by atoms with E-state index in [1.54, 1.807) is 18.3 Å². The number of ether oxygens (including phenoxy) is 1. The molecule has 0 amide bonds. The van der Waals surface area contributed by atoms with Crippen LogP contribution in [0.5, 0.6) is 0 Å². The Kier molecular flexibility index (Phi) is 5.28. The molecule has 1 aliphatic rings. The van der Waals surface area contributed by atoms with Gasteiger partial charge in [0.1, 0.15) is 18.3 Å². The molecule has 0 radical (unpaired) electrons. The van der Waals surface area contributed by atoms with Gasteiger partial charge in [-0.25, -0.2) is 18.6 Å². The Morgan fingerprint density at radius 1 is 1.32 bits per heavy atom. The lowest BCUT2D eigenvalue weighted by Crippen LogP contribution is -2.23. The van der Waals surface area contributed by atoms with Crippen molar-refractivity contribution in [1.29, 1.82) is 0 Å². The van der Waals surface area contributed by atoms with Crippen LogP contribution in [0, 0.1) is 0 Å². The van der Waals surface area contributed by atoms with Crippen LogP contribution in [0.3, 0.4) is 0 Å². The van der Waals surface area contributed by atoms with Crippen LogP contribution in [0.25, 0.3) is 0 Å². The van der Waals surface area contributed by atoms with Gasteiger partial charge in [-0.1, -0.05) is 17.7 Å². The van der Waals surface area contributed by atoms with E-state index < -0.39 is 18.9 Å². The Hall–Kier alpha value is -2.48. The van der Waals surface area contributed by atoms with Gasteiger partial charge < -0.3 is 9.64 Å². The van der Waals surface area contributed by atoms with Crippen molar-refractivity contribution in [2.75, 3.05) is 6.61 Å². The zero-order chi connectivity index (χ0) is 17.8. The summed E-state index contributed by atoms with van der Waals surface area (Å²) >= 11 is 5.79. The van der Waals surface area contributed by atoms with Crippen molar-refractivity contribution in [3.05, 3.63) is 58.8 Å². The molecule has 3 rings (SSSR count). The number of hydrogen-bond donors (Lipinski definition) is 0. The molecular weight excluding hydrogens is 354 g/mol. The highest BCUT2D eigenvalue weighted by molar-refractivity contribution is 6.29. The number of cyclic esters (lactones) is 1. The molecule has 6 nitrogen and oxygen atoms in total. The Balaban J connectivity index is 1.76. The third-order valence-corrected chi connectivity index (χ3v) is 3.81. The molecular formula is C16H15ClF2N4O2. The molecule has 0 N–H and O–H groups in total. The standard InChI is InChI=1S/C16H15ClF2N4O2/c17-14-2-1-11(6-20-14)7-22(13-5-16(24)25-10-13)8-12-3-4-23(21-12)9-15(18)19/h1-6,15H,7-10H2. The van der Waals surface area contributed by atoms with E-state index in [-0.39, 0.29) is 6.61 Å². The molecule has 0 saturated heterocycles. The fourth-order valence-corrected chi connectivity index (χ4v) is 2.56. The monoisotopic (exact) mass is 368 g/mol. The maximum Gasteiger partial charge on any atom is 0.333 e. The number of carbonyl (C=O) groups is 1. The molecule has 3 heterocycles. The minimum absolute atomic E-state index is 0.164. The van der Waals surface area contributed by atoms with Gasteiger partial charge in [0.2, 0.25) is 0 Å². The number of esters is 1. The average molecular weight is 369 g/mol. The van der Waals surface area contributed by atoms with Crippen LogP contribution in [0.4, 0.5) is 8.78 Å². The number of aromatic nitrogens is 3. The molecule has 0 atom stereocenters. The Morgan fingerprint density at radius 2 is 2.16 bits per heavy atom. The van der Waals surface area contributed by atoms with Gasteiger partial charge >= 0.3 is 5.97 Å². The molecule has 0 fully saturated rings. The van der Waals surface area contributed by atoms with Crippen LogP contribution >= 0.6 is 11.6 Å². The first-order valence-corrected chi connectivity index (χ1v) is 7.90. The molecule has 9 heteroatoms. The maximum atomic E-state index is 12.4. The van der Waals surface area contributed by atoms with Gasteiger partial charge in [0.25, 0.3) is 6.43 Å². The number of pyridine rings is 1. The summed E-state index contributed by atoms with van der Waals surface area (Å²) in [6.45, 7) is 0.513. The molecule has 0 aliphatic carbocycles. The molecule has 0 unspecified atom stereocenters. The zero-order valence-electron chi connectivity index (χ0n) is 13.1. The third-order valence-electron chi connectivity index (χ3n) is 3.59. The van der Waals surface area contributed by atoms with Crippen LogP contribution in [-0.4, -0.2) is 38.7 Å². The van der Waals surface area contributed by atoms with Crippen molar-refractivity contribution in [2.45, 2.75) is 26.1 Å². The SMILES string of the molecule is O=C1C=C(N(Cc2ccc(Cl)nc2)Cc2ccn(CC(F)F)n2)CO1. The molecule has 0 bridgehead atoms. The molecule has 0 aromatic carbocycles. The summed E-state index contributed by atoms with van der Waals surface area (Å²) in [5.41, 5.74) is 2.20. The minimum atomic E-state index is -2.47. The lowest BCUT2D eigenvalue weighted by molar-refractivity contribution is -0.135. The Labute approximate surface area is 147 Å². The topological polar surface area (TPSA) is 60.2 Å². The van der Waals surface area contributed by atoms with Gasteiger partial charge in [0.05, 0.1) is 17.9 Å². The summed E-state index contributed by atoms with van der Waals surface area (Å²) in [6, 6.07) is 5.18. The molecule has 2 aromatic rings. The van der Waals surface area contributed by atoms with E-state index in [0.29, 0.717) is 29.6 Å². The molecule has 1 aliphatic heterocycles. The number of halogens is 3. The highest BCUT2D eigenvalue weighted by atomic mass is 35.5. The predicted octanol–water partition coefficient (Wildman–Crippen LogP) is 2.64. The van der Waals surface area contributed by atoms with Crippen molar-refractivity contribution in [3.8, 4) is 0 Å². The van der Waals surface area contributed by atoms with Gasteiger partial charge in [-0.05, 0) is 17.7 Å². The fraction of sp³-hybridized carbons (Fsp3) is 0.312. The van der Waals surface area contributed by atoms with Gasteiger partial charge in [-0.15, -0.1) is 0 Å². The summed E-state index contributed by atoms with van der Waals surface area (Å²) in [4.78, 5) is 17.3. The van der Waals surface area contributed by atoms with Crippen molar-refractivity contribution in [3.63, 3.8) is 0 Å². The highest BCUT2D eigenvalue weighted by Gasteiger charge is 2.20. The van der Waals surface area contributed by atoms with Crippen molar-refractivity contribution in [2.24, 2.45) is 0 Å². The first-order valence-electron chi connectivity index (χ1n) is 7.53. The largest absolute Gasteiger partial charge is 0.456 e. The van der Waals surface area contributed by atoms with Crippen molar-refractivity contribution in [1.82, 2.24) is 19.7 Å². The molecule has 132 valence electrons. The van der Waals surface area contributed by atoms with Crippen molar-refractivity contribution < 1.29 is 18.3 Å². The first-order chi connectivity index (χ1) is 12.0.